The average molecular weight is 294 g/mol. The third-order valence-electron chi connectivity index (χ3n) is 3.28. The molecule has 1 heterocycles. The summed E-state index contributed by atoms with van der Waals surface area (Å²) in [6.45, 7) is 17.2. The zero-order chi connectivity index (χ0) is 15.9. The van der Waals surface area contributed by atoms with Crippen LogP contribution in [0.3, 0.4) is 0 Å². The number of ether oxygens (including phenoxy) is 1. The quantitative estimate of drug-likeness (QED) is 0.799. The van der Waals surface area contributed by atoms with E-state index in [1.807, 2.05) is 6.07 Å². The third-order valence-corrected chi connectivity index (χ3v) is 3.28. The van der Waals surface area contributed by atoms with Gasteiger partial charge in [-0.05, 0) is 20.0 Å². The molecule has 1 aromatic heterocycles. The maximum atomic E-state index is 5.83. The molecule has 0 spiro atoms. The fourth-order valence-electron chi connectivity index (χ4n) is 1.93. The summed E-state index contributed by atoms with van der Waals surface area (Å²) in [5.74, 6) is 2.28. The summed E-state index contributed by atoms with van der Waals surface area (Å²) in [6, 6.07) is 1.88. The van der Waals surface area contributed by atoms with Gasteiger partial charge in [-0.1, -0.05) is 34.6 Å². The topological polar surface area (TPSA) is 50.3 Å². The molecule has 21 heavy (non-hydrogen) atoms. The highest BCUT2D eigenvalue weighted by Crippen LogP contribution is 2.23. The van der Waals surface area contributed by atoms with Crippen LogP contribution < -0.4 is 10.1 Å². The van der Waals surface area contributed by atoms with E-state index in [-0.39, 0.29) is 5.41 Å². The fourth-order valence-corrected chi connectivity index (χ4v) is 1.93. The van der Waals surface area contributed by atoms with Crippen LogP contribution in [-0.4, -0.2) is 47.7 Å². The second kappa shape index (κ2) is 8.17. The highest BCUT2D eigenvalue weighted by Gasteiger charge is 2.19. The Balaban J connectivity index is 2.78. The summed E-state index contributed by atoms with van der Waals surface area (Å²) in [5, 5.41) is 3.24. The SMILES string of the molecule is CCNc1cc(OCCN(CC)CC)nc(C(C)(C)C)n1. The first-order valence-corrected chi connectivity index (χ1v) is 7.89. The van der Waals surface area contributed by atoms with Crippen LogP contribution in [0.1, 0.15) is 47.4 Å². The van der Waals surface area contributed by atoms with Crippen LogP contribution >= 0.6 is 0 Å². The molecule has 5 heteroatoms. The number of aromatic nitrogens is 2. The van der Waals surface area contributed by atoms with Crippen LogP contribution in [0.2, 0.25) is 0 Å². The average Bonchev–Trinajstić information content (AvgIpc) is 2.43. The standard InChI is InChI=1S/C16H30N4O/c1-7-17-13-12-14(19-15(18-13)16(4,5)6)21-11-10-20(8-2)9-3/h12H,7-11H2,1-6H3,(H,17,18,19). The lowest BCUT2D eigenvalue weighted by Gasteiger charge is -2.20. The molecule has 1 rings (SSSR count). The lowest BCUT2D eigenvalue weighted by molar-refractivity contribution is 0.217. The van der Waals surface area contributed by atoms with E-state index in [9.17, 15) is 0 Å². The highest BCUT2D eigenvalue weighted by molar-refractivity contribution is 5.39. The van der Waals surface area contributed by atoms with E-state index in [0.717, 1.165) is 37.8 Å². The zero-order valence-corrected chi connectivity index (χ0v) is 14.4. The van der Waals surface area contributed by atoms with Crippen molar-refractivity contribution in [1.29, 1.82) is 0 Å². The van der Waals surface area contributed by atoms with Crippen molar-refractivity contribution >= 4 is 5.82 Å². The smallest absolute Gasteiger partial charge is 0.218 e. The van der Waals surface area contributed by atoms with Crippen molar-refractivity contribution in [2.45, 2.75) is 47.0 Å². The number of nitrogens with zero attached hydrogens (tertiary/aromatic N) is 3. The van der Waals surface area contributed by atoms with Crippen molar-refractivity contribution in [3.8, 4) is 5.88 Å². The van der Waals surface area contributed by atoms with Crippen LogP contribution in [-0.2, 0) is 5.41 Å². The molecular formula is C16H30N4O. The van der Waals surface area contributed by atoms with Gasteiger partial charge in [0.25, 0.3) is 0 Å². The zero-order valence-electron chi connectivity index (χ0n) is 14.4. The second-order valence-corrected chi connectivity index (χ2v) is 6.07. The Morgan fingerprint density at radius 2 is 1.81 bits per heavy atom. The van der Waals surface area contributed by atoms with E-state index < -0.39 is 0 Å². The number of nitrogens with one attached hydrogen (secondary N) is 1. The maximum absolute atomic E-state index is 5.83. The molecule has 5 nitrogen and oxygen atoms in total. The summed E-state index contributed by atoms with van der Waals surface area (Å²) < 4.78 is 5.83. The predicted octanol–water partition coefficient (Wildman–Crippen LogP) is 2.93. The maximum Gasteiger partial charge on any atom is 0.218 e. The molecule has 0 aliphatic carbocycles. The van der Waals surface area contributed by atoms with Crippen molar-refractivity contribution in [2.75, 3.05) is 38.1 Å². The van der Waals surface area contributed by atoms with Gasteiger partial charge in [0.15, 0.2) is 0 Å². The first-order chi connectivity index (χ1) is 9.90. The molecule has 1 N–H and O–H groups in total. The molecule has 0 radical (unpaired) electrons. The molecule has 0 bridgehead atoms. The van der Waals surface area contributed by atoms with Crippen LogP contribution in [0.15, 0.2) is 6.07 Å². The normalized spacial score (nSPS) is 11.8. The predicted molar refractivity (Wildman–Crippen MR) is 88.2 cm³/mol. The Morgan fingerprint density at radius 3 is 2.33 bits per heavy atom. The minimum absolute atomic E-state index is 0.0948. The lowest BCUT2D eigenvalue weighted by atomic mass is 9.96. The number of likely N-dealkylation sites (N-methyl/N-ethyl adjacent to an activating group) is 1. The van der Waals surface area contributed by atoms with E-state index in [1.54, 1.807) is 0 Å². The van der Waals surface area contributed by atoms with E-state index in [4.69, 9.17) is 4.74 Å². The van der Waals surface area contributed by atoms with Gasteiger partial charge in [0.05, 0.1) is 0 Å². The van der Waals surface area contributed by atoms with Crippen molar-refractivity contribution in [3.05, 3.63) is 11.9 Å². The minimum Gasteiger partial charge on any atom is -0.476 e. The molecule has 0 aliphatic rings. The van der Waals surface area contributed by atoms with Crippen LogP contribution in [0, 0.1) is 0 Å². The number of hydrogen-bond acceptors (Lipinski definition) is 5. The van der Waals surface area contributed by atoms with Gasteiger partial charge in [-0.15, -0.1) is 0 Å². The van der Waals surface area contributed by atoms with Crippen molar-refractivity contribution in [2.24, 2.45) is 0 Å². The van der Waals surface area contributed by atoms with Gasteiger partial charge >= 0.3 is 0 Å². The van der Waals surface area contributed by atoms with Gasteiger partial charge in [-0.3, -0.25) is 0 Å². The van der Waals surface area contributed by atoms with Crippen molar-refractivity contribution < 1.29 is 4.74 Å². The van der Waals surface area contributed by atoms with Gasteiger partial charge in [-0.25, -0.2) is 4.98 Å². The Bertz CT molecular complexity index is 425. The highest BCUT2D eigenvalue weighted by atomic mass is 16.5. The minimum atomic E-state index is -0.0948. The molecule has 0 saturated heterocycles. The molecule has 120 valence electrons. The van der Waals surface area contributed by atoms with Gasteiger partial charge in [0.1, 0.15) is 18.2 Å². The summed E-state index contributed by atoms with van der Waals surface area (Å²) in [4.78, 5) is 11.4. The Kier molecular flexibility index (Phi) is 6.89. The molecule has 0 fully saturated rings. The lowest BCUT2D eigenvalue weighted by Crippen LogP contribution is -2.28. The van der Waals surface area contributed by atoms with Crippen LogP contribution in [0.4, 0.5) is 5.82 Å². The first-order valence-electron chi connectivity index (χ1n) is 7.89. The number of rotatable bonds is 8. The third kappa shape index (κ3) is 5.87. The summed E-state index contributed by atoms with van der Waals surface area (Å²) in [7, 11) is 0. The van der Waals surface area contributed by atoms with Crippen molar-refractivity contribution in [3.63, 3.8) is 0 Å². The van der Waals surface area contributed by atoms with Crippen LogP contribution in [0.25, 0.3) is 0 Å². The second-order valence-electron chi connectivity index (χ2n) is 6.07. The Labute approximate surface area is 129 Å². The Hall–Kier alpha value is -1.36. The summed E-state index contributed by atoms with van der Waals surface area (Å²) >= 11 is 0. The molecule has 1 aromatic rings. The molecule has 0 unspecified atom stereocenters. The fraction of sp³-hybridized carbons (Fsp3) is 0.750. The van der Waals surface area contributed by atoms with Crippen molar-refractivity contribution in [1.82, 2.24) is 14.9 Å². The van der Waals surface area contributed by atoms with Crippen LogP contribution in [0.5, 0.6) is 5.88 Å². The summed E-state index contributed by atoms with van der Waals surface area (Å²) in [5.41, 5.74) is -0.0948. The van der Waals surface area contributed by atoms with E-state index >= 15 is 0 Å². The first kappa shape index (κ1) is 17.7. The number of anilines is 1. The van der Waals surface area contributed by atoms with Gasteiger partial charge < -0.3 is 15.0 Å². The van der Waals surface area contributed by atoms with E-state index in [0.29, 0.717) is 12.5 Å². The molecule has 0 atom stereocenters. The monoisotopic (exact) mass is 294 g/mol. The molecule has 0 saturated carbocycles. The van der Waals surface area contributed by atoms with E-state index in [2.05, 4.69) is 61.7 Å². The Morgan fingerprint density at radius 1 is 1.14 bits per heavy atom. The van der Waals surface area contributed by atoms with Gasteiger partial charge in [0.2, 0.25) is 5.88 Å². The summed E-state index contributed by atoms with van der Waals surface area (Å²) in [6.07, 6.45) is 0. The molecular weight excluding hydrogens is 264 g/mol. The molecule has 0 aliphatic heterocycles. The largest absolute Gasteiger partial charge is 0.476 e. The molecule has 0 aromatic carbocycles. The van der Waals surface area contributed by atoms with Gasteiger partial charge in [0, 0.05) is 24.6 Å². The van der Waals surface area contributed by atoms with E-state index in [1.165, 1.54) is 0 Å². The van der Waals surface area contributed by atoms with Gasteiger partial charge in [-0.2, -0.15) is 4.98 Å². The number of hydrogen-bond donors (Lipinski definition) is 1. The molecule has 0 amide bonds.